The number of carbonyl (C=O) groups excluding carboxylic acids is 1. The fraction of sp³-hybridized carbons (Fsp3) is 0.0952. The molecule has 0 unspecified atom stereocenters. The second kappa shape index (κ2) is 8.03. The lowest BCUT2D eigenvalue weighted by Gasteiger charge is -2.13. The molecule has 1 aliphatic rings. The van der Waals surface area contributed by atoms with Gasteiger partial charge in [0.1, 0.15) is 10.7 Å². The molecule has 2 N–H and O–H groups in total. The summed E-state index contributed by atoms with van der Waals surface area (Å²) >= 11 is 0. The van der Waals surface area contributed by atoms with Gasteiger partial charge in [-0.15, -0.1) is 0 Å². The molecule has 0 fully saturated rings. The predicted molar refractivity (Wildman–Crippen MR) is 107 cm³/mol. The van der Waals surface area contributed by atoms with Crippen molar-refractivity contribution < 1.29 is 27.1 Å². The normalized spacial score (nSPS) is 12.4. The number of fused-ring (bicyclic) bond motifs is 1. The van der Waals surface area contributed by atoms with Gasteiger partial charge in [0.25, 0.3) is 15.9 Å². The Kier molecular flexibility index (Phi) is 5.28. The summed E-state index contributed by atoms with van der Waals surface area (Å²) in [7, 11) is -4.21. The van der Waals surface area contributed by atoms with Gasteiger partial charge in [0.15, 0.2) is 11.5 Å². The first-order valence-corrected chi connectivity index (χ1v) is 10.5. The largest absolute Gasteiger partial charge is 0.454 e. The third-order valence-corrected chi connectivity index (χ3v) is 5.83. The fourth-order valence-corrected chi connectivity index (χ4v) is 4.12. The summed E-state index contributed by atoms with van der Waals surface area (Å²) < 4.78 is 51.9. The van der Waals surface area contributed by atoms with E-state index in [0.717, 1.165) is 17.7 Å². The monoisotopic (exact) mass is 428 g/mol. The minimum atomic E-state index is -4.21. The maximum atomic E-state index is 13.9. The molecule has 0 aromatic heterocycles. The zero-order valence-electron chi connectivity index (χ0n) is 15.6. The lowest BCUT2D eigenvalue weighted by Crippen LogP contribution is -2.25. The molecule has 0 aliphatic carbocycles. The molecule has 0 atom stereocenters. The molecule has 154 valence electrons. The Bertz CT molecular complexity index is 1210. The molecule has 9 heteroatoms. The fourth-order valence-electron chi connectivity index (χ4n) is 2.96. The molecule has 0 bridgehead atoms. The first-order valence-electron chi connectivity index (χ1n) is 8.97. The summed E-state index contributed by atoms with van der Waals surface area (Å²) in [5.41, 5.74) is 0.944. The summed E-state index contributed by atoms with van der Waals surface area (Å²) in [5, 5.41) is 2.74. The molecule has 4 rings (SSSR count). The van der Waals surface area contributed by atoms with Crippen molar-refractivity contribution in [1.82, 2.24) is 5.32 Å². The Hall–Kier alpha value is -3.59. The van der Waals surface area contributed by atoms with Gasteiger partial charge >= 0.3 is 0 Å². The Balaban J connectivity index is 1.51. The first-order chi connectivity index (χ1) is 14.4. The molecule has 0 saturated heterocycles. The maximum Gasteiger partial charge on any atom is 0.264 e. The molecular weight excluding hydrogens is 411 g/mol. The number of benzene rings is 3. The van der Waals surface area contributed by atoms with Gasteiger partial charge in [-0.25, -0.2) is 12.8 Å². The van der Waals surface area contributed by atoms with E-state index in [1.165, 1.54) is 24.3 Å². The van der Waals surface area contributed by atoms with Crippen LogP contribution in [0.4, 0.5) is 10.1 Å². The zero-order chi connectivity index (χ0) is 21.1. The number of anilines is 1. The van der Waals surface area contributed by atoms with Gasteiger partial charge < -0.3 is 14.8 Å². The van der Waals surface area contributed by atoms with E-state index in [9.17, 15) is 17.6 Å². The van der Waals surface area contributed by atoms with E-state index >= 15 is 0 Å². The van der Waals surface area contributed by atoms with Crippen molar-refractivity contribution in [3.8, 4) is 11.5 Å². The minimum absolute atomic E-state index is 0.0453. The number of hydrogen-bond acceptors (Lipinski definition) is 5. The zero-order valence-corrected chi connectivity index (χ0v) is 16.4. The van der Waals surface area contributed by atoms with E-state index in [1.54, 1.807) is 30.3 Å². The van der Waals surface area contributed by atoms with Gasteiger partial charge in [-0.1, -0.05) is 30.3 Å². The molecule has 7 nitrogen and oxygen atoms in total. The van der Waals surface area contributed by atoms with Crippen molar-refractivity contribution in [2.45, 2.75) is 11.4 Å². The van der Waals surface area contributed by atoms with E-state index in [2.05, 4.69) is 10.0 Å². The van der Waals surface area contributed by atoms with Crippen LogP contribution in [0.2, 0.25) is 0 Å². The molecule has 1 aliphatic heterocycles. The Morgan fingerprint density at radius 3 is 2.53 bits per heavy atom. The molecule has 0 radical (unpaired) electrons. The van der Waals surface area contributed by atoms with Crippen LogP contribution >= 0.6 is 0 Å². The minimum Gasteiger partial charge on any atom is -0.454 e. The molecule has 1 heterocycles. The number of sulfonamides is 1. The van der Waals surface area contributed by atoms with Crippen molar-refractivity contribution in [2.24, 2.45) is 0 Å². The highest BCUT2D eigenvalue weighted by molar-refractivity contribution is 7.92. The van der Waals surface area contributed by atoms with Crippen molar-refractivity contribution >= 4 is 21.6 Å². The van der Waals surface area contributed by atoms with Crippen LogP contribution in [0.5, 0.6) is 11.5 Å². The molecule has 0 spiro atoms. The van der Waals surface area contributed by atoms with Crippen LogP contribution < -0.4 is 19.5 Å². The highest BCUT2D eigenvalue weighted by Gasteiger charge is 2.21. The van der Waals surface area contributed by atoms with E-state index in [0.29, 0.717) is 11.5 Å². The molecule has 3 aromatic carbocycles. The van der Waals surface area contributed by atoms with Crippen LogP contribution in [-0.2, 0) is 16.6 Å². The topological polar surface area (TPSA) is 93.7 Å². The van der Waals surface area contributed by atoms with E-state index in [1.807, 2.05) is 0 Å². The standard InChI is InChI=1S/C21H17FN2O5S/c22-16-6-2-4-8-20(16)30(26,27)24-17-7-3-1-5-15(17)21(25)23-12-14-9-10-18-19(11-14)29-13-28-18/h1-11,24H,12-13H2,(H,23,25). The van der Waals surface area contributed by atoms with Gasteiger partial charge in [0.2, 0.25) is 6.79 Å². The van der Waals surface area contributed by atoms with Gasteiger partial charge in [0.05, 0.1) is 11.3 Å². The Labute approximate surface area is 172 Å². The van der Waals surface area contributed by atoms with Gasteiger partial charge in [-0.2, -0.15) is 0 Å². The van der Waals surface area contributed by atoms with Crippen LogP contribution in [0.3, 0.4) is 0 Å². The average Bonchev–Trinajstić information content (AvgIpc) is 3.20. The van der Waals surface area contributed by atoms with Crippen molar-refractivity contribution in [1.29, 1.82) is 0 Å². The summed E-state index contributed by atoms with van der Waals surface area (Å²) in [5.74, 6) is -0.132. The van der Waals surface area contributed by atoms with E-state index < -0.39 is 26.6 Å². The van der Waals surface area contributed by atoms with Crippen molar-refractivity contribution in [2.75, 3.05) is 11.5 Å². The predicted octanol–water partition coefficient (Wildman–Crippen LogP) is 3.29. The van der Waals surface area contributed by atoms with Crippen LogP contribution in [0.1, 0.15) is 15.9 Å². The number of nitrogens with one attached hydrogen (secondary N) is 2. The number of para-hydroxylation sites is 1. The molecular formula is C21H17FN2O5S. The number of hydrogen-bond donors (Lipinski definition) is 2. The van der Waals surface area contributed by atoms with Crippen LogP contribution in [0.25, 0.3) is 0 Å². The van der Waals surface area contributed by atoms with Crippen LogP contribution in [0.15, 0.2) is 71.6 Å². The van der Waals surface area contributed by atoms with E-state index in [-0.39, 0.29) is 24.6 Å². The smallest absolute Gasteiger partial charge is 0.264 e. The quantitative estimate of drug-likeness (QED) is 0.629. The second-order valence-electron chi connectivity index (χ2n) is 6.45. The summed E-state index contributed by atoms with van der Waals surface area (Å²) in [6.45, 7) is 0.352. The molecule has 3 aromatic rings. The van der Waals surface area contributed by atoms with Gasteiger partial charge in [-0.05, 0) is 42.0 Å². The SMILES string of the molecule is O=C(NCc1ccc2c(c1)OCO2)c1ccccc1NS(=O)(=O)c1ccccc1F. The lowest BCUT2D eigenvalue weighted by atomic mass is 10.1. The van der Waals surface area contributed by atoms with Crippen LogP contribution in [-0.4, -0.2) is 21.1 Å². The summed E-state index contributed by atoms with van der Waals surface area (Å²) in [4.78, 5) is 12.2. The maximum absolute atomic E-state index is 13.9. The number of ether oxygens (including phenoxy) is 2. The lowest BCUT2D eigenvalue weighted by molar-refractivity contribution is 0.0951. The third kappa shape index (κ3) is 4.06. The first kappa shape index (κ1) is 19.7. The van der Waals surface area contributed by atoms with Gasteiger partial charge in [-0.3, -0.25) is 9.52 Å². The van der Waals surface area contributed by atoms with Crippen molar-refractivity contribution in [3.63, 3.8) is 0 Å². The highest BCUT2D eigenvalue weighted by atomic mass is 32.2. The molecule has 30 heavy (non-hydrogen) atoms. The second-order valence-corrected chi connectivity index (χ2v) is 8.10. The highest BCUT2D eigenvalue weighted by Crippen LogP contribution is 2.32. The third-order valence-electron chi connectivity index (χ3n) is 4.43. The Morgan fingerprint density at radius 2 is 1.70 bits per heavy atom. The average molecular weight is 428 g/mol. The van der Waals surface area contributed by atoms with Gasteiger partial charge in [0, 0.05) is 6.54 Å². The summed E-state index contributed by atoms with van der Waals surface area (Å²) in [6, 6.07) is 16.4. The molecule has 0 saturated carbocycles. The van der Waals surface area contributed by atoms with Crippen LogP contribution in [0, 0.1) is 5.82 Å². The van der Waals surface area contributed by atoms with E-state index in [4.69, 9.17) is 9.47 Å². The van der Waals surface area contributed by atoms with Crippen molar-refractivity contribution in [3.05, 3.63) is 83.7 Å². The number of rotatable bonds is 6. The molecule has 1 amide bonds. The summed E-state index contributed by atoms with van der Waals surface area (Å²) in [6.07, 6.45) is 0. The number of amides is 1. The number of carbonyl (C=O) groups is 1. The number of halogens is 1. The Morgan fingerprint density at radius 1 is 0.967 bits per heavy atom.